The quantitative estimate of drug-likeness (QED) is 0.913. The van der Waals surface area contributed by atoms with Crippen molar-refractivity contribution in [3.63, 3.8) is 0 Å². The number of hydrogen-bond donors (Lipinski definition) is 1. The SMILES string of the molecule is Cc1cccc(CN(C)c2cc(CO)cc(C)n2)c1. The molecular formula is C16H20N2O. The zero-order valence-corrected chi connectivity index (χ0v) is 11.7. The normalized spacial score (nSPS) is 10.5. The van der Waals surface area contributed by atoms with E-state index in [4.69, 9.17) is 0 Å². The van der Waals surface area contributed by atoms with Gasteiger partial charge in [-0.3, -0.25) is 0 Å². The highest BCUT2D eigenvalue weighted by Gasteiger charge is 2.06. The molecule has 0 amide bonds. The van der Waals surface area contributed by atoms with Gasteiger partial charge in [-0.1, -0.05) is 29.8 Å². The molecule has 0 aliphatic heterocycles. The predicted molar refractivity (Wildman–Crippen MR) is 78.2 cm³/mol. The van der Waals surface area contributed by atoms with Gasteiger partial charge in [-0.2, -0.15) is 0 Å². The summed E-state index contributed by atoms with van der Waals surface area (Å²) in [6.07, 6.45) is 0. The molecule has 2 rings (SSSR count). The molecule has 0 spiro atoms. The monoisotopic (exact) mass is 256 g/mol. The molecule has 0 radical (unpaired) electrons. The van der Waals surface area contributed by atoms with Gasteiger partial charge in [0.05, 0.1) is 6.61 Å². The van der Waals surface area contributed by atoms with Crippen molar-refractivity contribution in [2.75, 3.05) is 11.9 Å². The summed E-state index contributed by atoms with van der Waals surface area (Å²) in [5, 5.41) is 9.25. The minimum Gasteiger partial charge on any atom is -0.392 e. The minimum absolute atomic E-state index is 0.0502. The minimum atomic E-state index is 0.0502. The lowest BCUT2D eigenvalue weighted by atomic mass is 10.1. The molecule has 2 aromatic rings. The van der Waals surface area contributed by atoms with Crippen LogP contribution in [0.2, 0.25) is 0 Å². The van der Waals surface area contributed by atoms with E-state index >= 15 is 0 Å². The van der Waals surface area contributed by atoms with Crippen LogP contribution >= 0.6 is 0 Å². The molecule has 3 nitrogen and oxygen atoms in total. The summed E-state index contributed by atoms with van der Waals surface area (Å²) in [6, 6.07) is 12.3. The average Bonchev–Trinajstić information content (AvgIpc) is 2.38. The predicted octanol–water partition coefficient (Wildman–Crippen LogP) is 2.83. The average molecular weight is 256 g/mol. The van der Waals surface area contributed by atoms with Gasteiger partial charge in [0, 0.05) is 19.3 Å². The fourth-order valence-electron chi connectivity index (χ4n) is 2.17. The Bertz CT molecular complexity index is 566. The number of pyridine rings is 1. The van der Waals surface area contributed by atoms with Crippen LogP contribution in [-0.4, -0.2) is 17.1 Å². The molecular weight excluding hydrogens is 236 g/mol. The molecule has 0 aliphatic rings. The molecule has 1 aromatic carbocycles. The molecule has 0 saturated carbocycles. The molecule has 1 N–H and O–H groups in total. The van der Waals surface area contributed by atoms with E-state index in [1.54, 1.807) is 0 Å². The smallest absolute Gasteiger partial charge is 0.129 e. The second-order valence-electron chi connectivity index (χ2n) is 4.98. The van der Waals surface area contributed by atoms with Crippen molar-refractivity contribution in [3.05, 3.63) is 58.8 Å². The Morgan fingerprint density at radius 3 is 2.58 bits per heavy atom. The molecule has 0 saturated heterocycles. The van der Waals surface area contributed by atoms with Gasteiger partial charge in [-0.25, -0.2) is 4.98 Å². The fourth-order valence-corrected chi connectivity index (χ4v) is 2.17. The summed E-state index contributed by atoms with van der Waals surface area (Å²) in [5.41, 5.74) is 4.35. The van der Waals surface area contributed by atoms with Gasteiger partial charge in [0.15, 0.2) is 0 Å². The maximum absolute atomic E-state index is 9.25. The van der Waals surface area contributed by atoms with Crippen LogP contribution in [0.3, 0.4) is 0 Å². The number of aryl methyl sites for hydroxylation is 2. The Morgan fingerprint density at radius 1 is 1.11 bits per heavy atom. The van der Waals surface area contributed by atoms with Crippen LogP contribution in [-0.2, 0) is 13.2 Å². The Morgan fingerprint density at radius 2 is 1.89 bits per heavy atom. The maximum Gasteiger partial charge on any atom is 0.129 e. The molecule has 1 heterocycles. The number of nitrogens with zero attached hydrogens (tertiary/aromatic N) is 2. The summed E-state index contributed by atoms with van der Waals surface area (Å²) < 4.78 is 0. The molecule has 100 valence electrons. The van der Waals surface area contributed by atoms with Crippen molar-refractivity contribution in [1.82, 2.24) is 4.98 Å². The Labute approximate surface area is 114 Å². The van der Waals surface area contributed by atoms with Crippen LogP contribution in [0.1, 0.15) is 22.4 Å². The molecule has 0 bridgehead atoms. The van der Waals surface area contributed by atoms with Gasteiger partial charge in [0.1, 0.15) is 5.82 Å². The highest BCUT2D eigenvalue weighted by atomic mass is 16.3. The van der Waals surface area contributed by atoms with Gasteiger partial charge in [-0.15, -0.1) is 0 Å². The van der Waals surface area contributed by atoms with Crippen LogP contribution < -0.4 is 4.90 Å². The van der Waals surface area contributed by atoms with Crippen molar-refractivity contribution in [2.24, 2.45) is 0 Å². The lowest BCUT2D eigenvalue weighted by Gasteiger charge is -2.19. The lowest BCUT2D eigenvalue weighted by Crippen LogP contribution is -2.18. The van der Waals surface area contributed by atoms with Crippen molar-refractivity contribution in [3.8, 4) is 0 Å². The fraction of sp³-hybridized carbons (Fsp3) is 0.312. The molecule has 0 atom stereocenters. The largest absolute Gasteiger partial charge is 0.392 e. The third-order valence-corrected chi connectivity index (χ3v) is 3.08. The van der Waals surface area contributed by atoms with Crippen LogP contribution in [0.15, 0.2) is 36.4 Å². The first kappa shape index (κ1) is 13.6. The van der Waals surface area contributed by atoms with E-state index in [2.05, 4.69) is 41.1 Å². The Hall–Kier alpha value is -1.87. The van der Waals surface area contributed by atoms with Gasteiger partial charge in [-0.05, 0) is 37.1 Å². The highest BCUT2D eigenvalue weighted by Crippen LogP contribution is 2.16. The van der Waals surface area contributed by atoms with E-state index in [1.165, 1.54) is 11.1 Å². The summed E-state index contributed by atoms with van der Waals surface area (Å²) in [7, 11) is 2.02. The third kappa shape index (κ3) is 3.55. The number of benzene rings is 1. The first-order valence-electron chi connectivity index (χ1n) is 6.43. The number of aliphatic hydroxyl groups excluding tert-OH is 1. The number of hydrogen-bond acceptors (Lipinski definition) is 3. The van der Waals surface area contributed by atoms with E-state index in [-0.39, 0.29) is 6.61 Å². The number of aliphatic hydroxyl groups is 1. The molecule has 0 unspecified atom stereocenters. The van der Waals surface area contributed by atoms with Crippen molar-refractivity contribution in [2.45, 2.75) is 27.0 Å². The highest BCUT2D eigenvalue weighted by molar-refractivity contribution is 5.42. The van der Waals surface area contributed by atoms with E-state index in [1.807, 2.05) is 26.1 Å². The number of aromatic nitrogens is 1. The van der Waals surface area contributed by atoms with Crippen LogP contribution in [0.25, 0.3) is 0 Å². The van der Waals surface area contributed by atoms with E-state index in [0.717, 1.165) is 23.6 Å². The first-order chi connectivity index (χ1) is 9.08. The van der Waals surface area contributed by atoms with E-state index in [0.29, 0.717) is 0 Å². The Balaban J connectivity index is 2.20. The summed E-state index contributed by atoms with van der Waals surface area (Å²) in [5.74, 6) is 0.894. The molecule has 0 fully saturated rings. The zero-order chi connectivity index (χ0) is 13.8. The standard InChI is InChI=1S/C16H20N2O/c1-12-5-4-6-14(7-12)10-18(3)16-9-15(11-19)8-13(2)17-16/h4-9,19H,10-11H2,1-3H3. The maximum atomic E-state index is 9.25. The molecule has 0 aliphatic carbocycles. The van der Waals surface area contributed by atoms with Crippen molar-refractivity contribution in [1.29, 1.82) is 0 Å². The zero-order valence-electron chi connectivity index (χ0n) is 11.7. The van der Waals surface area contributed by atoms with Gasteiger partial charge in [0.2, 0.25) is 0 Å². The topological polar surface area (TPSA) is 36.4 Å². The molecule has 3 heteroatoms. The Kier molecular flexibility index (Phi) is 4.17. The van der Waals surface area contributed by atoms with Crippen LogP contribution in [0.5, 0.6) is 0 Å². The molecule has 1 aromatic heterocycles. The summed E-state index contributed by atoms with van der Waals surface area (Å²) in [4.78, 5) is 6.61. The van der Waals surface area contributed by atoms with Crippen LogP contribution in [0, 0.1) is 13.8 Å². The van der Waals surface area contributed by atoms with Crippen molar-refractivity contribution >= 4 is 5.82 Å². The molecule has 19 heavy (non-hydrogen) atoms. The third-order valence-electron chi connectivity index (χ3n) is 3.08. The summed E-state index contributed by atoms with van der Waals surface area (Å²) >= 11 is 0. The number of anilines is 1. The van der Waals surface area contributed by atoms with E-state index < -0.39 is 0 Å². The van der Waals surface area contributed by atoms with Gasteiger partial charge < -0.3 is 10.0 Å². The second-order valence-corrected chi connectivity index (χ2v) is 4.98. The summed E-state index contributed by atoms with van der Waals surface area (Å²) in [6.45, 7) is 4.90. The van der Waals surface area contributed by atoms with Gasteiger partial charge >= 0.3 is 0 Å². The second kappa shape index (κ2) is 5.85. The first-order valence-corrected chi connectivity index (χ1v) is 6.43. The van der Waals surface area contributed by atoms with Crippen LogP contribution in [0.4, 0.5) is 5.82 Å². The van der Waals surface area contributed by atoms with Crippen molar-refractivity contribution < 1.29 is 5.11 Å². The van der Waals surface area contributed by atoms with E-state index in [9.17, 15) is 5.11 Å². The lowest BCUT2D eigenvalue weighted by molar-refractivity contribution is 0.281. The number of rotatable bonds is 4. The van der Waals surface area contributed by atoms with Gasteiger partial charge in [0.25, 0.3) is 0 Å².